The zero-order valence-electron chi connectivity index (χ0n) is 9.21. The van der Waals surface area contributed by atoms with Crippen molar-refractivity contribution in [1.29, 1.82) is 0 Å². The quantitative estimate of drug-likeness (QED) is 0.727. The van der Waals surface area contributed by atoms with Gasteiger partial charge in [0, 0.05) is 19.7 Å². The summed E-state index contributed by atoms with van der Waals surface area (Å²) < 4.78 is 11.8. The Morgan fingerprint density at radius 2 is 2.29 bits per heavy atom. The number of nitrogens with one attached hydrogen (secondary N) is 1. The van der Waals surface area contributed by atoms with E-state index in [4.69, 9.17) is 9.47 Å². The predicted octanol–water partition coefficient (Wildman–Crippen LogP) is 1.32. The van der Waals surface area contributed by atoms with Gasteiger partial charge < -0.3 is 14.8 Å². The first-order chi connectivity index (χ1) is 6.73. The van der Waals surface area contributed by atoms with E-state index in [1.807, 2.05) is 0 Å². The van der Waals surface area contributed by atoms with E-state index in [2.05, 4.69) is 19.2 Å². The molecule has 0 amide bonds. The van der Waals surface area contributed by atoms with Crippen LogP contribution in [-0.2, 0) is 9.47 Å². The third-order valence-electron chi connectivity index (χ3n) is 3.41. The molecular formula is C11H21NO2. The lowest BCUT2D eigenvalue weighted by atomic mass is 9.99. The Morgan fingerprint density at radius 1 is 1.43 bits per heavy atom. The highest BCUT2D eigenvalue weighted by molar-refractivity contribution is 4.88. The second-order valence-corrected chi connectivity index (χ2v) is 4.64. The largest absolute Gasteiger partial charge is 0.375 e. The number of ether oxygens (including phenoxy) is 2. The smallest absolute Gasteiger partial charge is 0.0968 e. The van der Waals surface area contributed by atoms with Crippen molar-refractivity contribution in [2.75, 3.05) is 19.7 Å². The Kier molecular flexibility index (Phi) is 3.10. The van der Waals surface area contributed by atoms with Crippen molar-refractivity contribution in [3.8, 4) is 0 Å². The molecule has 2 fully saturated rings. The molecule has 0 aromatic rings. The molecule has 2 heterocycles. The van der Waals surface area contributed by atoms with E-state index >= 15 is 0 Å². The predicted molar refractivity (Wildman–Crippen MR) is 55.4 cm³/mol. The first-order valence-corrected chi connectivity index (χ1v) is 5.74. The molecule has 3 nitrogen and oxygen atoms in total. The van der Waals surface area contributed by atoms with Crippen LogP contribution in [0.1, 0.15) is 33.1 Å². The molecule has 0 radical (unpaired) electrons. The topological polar surface area (TPSA) is 30.5 Å². The standard InChI is InChI=1S/C11H21NO2/c1-3-11(2)8-12-7-10(14-11)9-5-4-6-13-9/h9-10,12H,3-8H2,1-2H3. The van der Waals surface area contributed by atoms with Crippen LogP contribution in [0.25, 0.3) is 0 Å². The van der Waals surface area contributed by atoms with E-state index in [1.54, 1.807) is 0 Å². The Labute approximate surface area is 86.2 Å². The van der Waals surface area contributed by atoms with Crippen LogP contribution in [0.3, 0.4) is 0 Å². The van der Waals surface area contributed by atoms with E-state index in [-0.39, 0.29) is 11.7 Å². The Balaban J connectivity index is 1.93. The Hall–Kier alpha value is -0.120. The zero-order chi connectivity index (χ0) is 10.0. The van der Waals surface area contributed by atoms with Crippen LogP contribution >= 0.6 is 0 Å². The minimum absolute atomic E-state index is 0.00880. The van der Waals surface area contributed by atoms with Gasteiger partial charge in [0.15, 0.2) is 0 Å². The van der Waals surface area contributed by atoms with Crippen molar-refractivity contribution in [1.82, 2.24) is 5.32 Å². The molecule has 0 spiro atoms. The van der Waals surface area contributed by atoms with Gasteiger partial charge in [-0.1, -0.05) is 6.92 Å². The number of hydrogen-bond donors (Lipinski definition) is 1. The molecule has 2 rings (SSSR count). The molecule has 2 aliphatic heterocycles. The summed E-state index contributed by atoms with van der Waals surface area (Å²) in [4.78, 5) is 0. The van der Waals surface area contributed by atoms with Gasteiger partial charge in [-0.2, -0.15) is 0 Å². The number of hydrogen-bond acceptors (Lipinski definition) is 3. The fourth-order valence-electron chi connectivity index (χ4n) is 2.24. The molecule has 0 aromatic heterocycles. The van der Waals surface area contributed by atoms with Crippen LogP contribution < -0.4 is 5.32 Å². The molecule has 82 valence electrons. The highest BCUT2D eigenvalue weighted by Crippen LogP contribution is 2.26. The van der Waals surface area contributed by atoms with Gasteiger partial charge >= 0.3 is 0 Å². The third kappa shape index (κ3) is 2.10. The van der Waals surface area contributed by atoms with E-state index in [1.165, 1.54) is 6.42 Å². The van der Waals surface area contributed by atoms with Crippen LogP contribution in [0, 0.1) is 0 Å². The maximum absolute atomic E-state index is 6.12. The summed E-state index contributed by atoms with van der Waals surface area (Å²) in [6, 6.07) is 0. The lowest BCUT2D eigenvalue weighted by Crippen LogP contribution is -2.55. The van der Waals surface area contributed by atoms with Gasteiger partial charge in [-0.3, -0.25) is 0 Å². The molecule has 3 heteroatoms. The van der Waals surface area contributed by atoms with E-state index in [0.29, 0.717) is 6.10 Å². The minimum atomic E-state index is 0.00880. The molecule has 0 bridgehead atoms. The van der Waals surface area contributed by atoms with Crippen molar-refractivity contribution in [3.05, 3.63) is 0 Å². The fourth-order valence-corrected chi connectivity index (χ4v) is 2.24. The van der Waals surface area contributed by atoms with Gasteiger partial charge in [-0.05, 0) is 26.2 Å². The summed E-state index contributed by atoms with van der Waals surface area (Å²) in [7, 11) is 0. The van der Waals surface area contributed by atoms with Gasteiger partial charge in [0.1, 0.15) is 0 Å². The average Bonchev–Trinajstić information content (AvgIpc) is 2.71. The highest BCUT2D eigenvalue weighted by atomic mass is 16.6. The average molecular weight is 199 g/mol. The second-order valence-electron chi connectivity index (χ2n) is 4.64. The zero-order valence-corrected chi connectivity index (χ0v) is 9.21. The molecule has 1 N–H and O–H groups in total. The van der Waals surface area contributed by atoms with E-state index in [0.717, 1.165) is 32.5 Å². The molecule has 14 heavy (non-hydrogen) atoms. The first-order valence-electron chi connectivity index (χ1n) is 5.74. The van der Waals surface area contributed by atoms with Gasteiger partial charge in [0.25, 0.3) is 0 Å². The van der Waals surface area contributed by atoms with Crippen molar-refractivity contribution in [2.24, 2.45) is 0 Å². The highest BCUT2D eigenvalue weighted by Gasteiger charge is 2.36. The van der Waals surface area contributed by atoms with E-state index in [9.17, 15) is 0 Å². The SMILES string of the molecule is CCC1(C)CNCC(C2CCCO2)O1. The van der Waals surface area contributed by atoms with Gasteiger partial charge in [-0.25, -0.2) is 0 Å². The van der Waals surface area contributed by atoms with Crippen LogP contribution in [0.5, 0.6) is 0 Å². The summed E-state index contributed by atoms with van der Waals surface area (Å²) in [5, 5.41) is 3.45. The number of morpholine rings is 1. The first kappa shape index (κ1) is 10.4. The fraction of sp³-hybridized carbons (Fsp3) is 1.00. The summed E-state index contributed by atoms with van der Waals surface area (Å²) in [5.74, 6) is 0. The molecule has 3 unspecified atom stereocenters. The summed E-state index contributed by atoms with van der Waals surface area (Å²) in [6.07, 6.45) is 3.99. The molecule has 0 saturated carbocycles. The molecule has 3 atom stereocenters. The lowest BCUT2D eigenvalue weighted by molar-refractivity contribution is -0.149. The monoisotopic (exact) mass is 199 g/mol. The Morgan fingerprint density at radius 3 is 2.93 bits per heavy atom. The normalized spacial score (nSPS) is 44.1. The Bertz CT molecular complexity index is 192. The van der Waals surface area contributed by atoms with Crippen molar-refractivity contribution >= 4 is 0 Å². The van der Waals surface area contributed by atoms with Crippen molar-refractivity contribution in [2.45, 2.75) is 50.9 Å². The van der Waals surface area contributed by atoms with Crippen LogP contribution in [-0.4, -0.2) is 37.5 Å². The molecular weight excluding hydrogens is 178 g/mol. The number of rotatable bonds is 2. The van der Waals surface area contributed by atoms with Crippen molar-refractivity contribution in [3.63, 3.8) is 0 Å². The second kappa shape index (κ2) is 4.17. The third-order valence-corrected chi connectivity index (χ3v) is 3.41. The van der Waals surface area contributed by atoms with Crippen LogP contribution in [0.4, 0.5) is 0 Å². The summed E-state index contributed by atoms with van der Waals surface area (Å²) >= 11 is 0. The van der Waals surface area contributed by atoms with Gasteiger partial charge in [0.2, 0.25) is 0 Å². The lowest BCUT2D eigenvalue weighted by Gasteiger charge is -2.40. The maximum atomic E-state index is 6.12. The van der Waals surface area contributed by atoms with Crippen LogP contribution in [0.15, 0.2) is 0 Å². The molecule has 0 aromatic carbocycles. The summed E-state index contributed by atoms with van der Waals surface area (Å²) in [5.41, 5.74) is 0.00880. The minimum Gasteiger partial charge on any atom is -0.375 e. The molecule has 0 aliphatic carbocycles. The van der Waals surface area contributed by atoms with Crippen LogP contribution in [0.2, 0.25) is 0 Å². The molecule has 2 aliphatic rings. The maximum Gasteiger partial charge on any atom is 0.0968 e. The van der Waals surface area contributed by atoms with E-state index < -0.39 is 0 Å². The van der Waals surface area contributed by atoms with Gasteiger partial charge in [0.05, 0.1) is 17.8 Å². The van der Waals surface area contributed by atoms with Gasteiger partial charge in [-0.15, -0.1) is 0 Å². The molecule has 2 saturated heterocycles. The summed E-state index contributed by atoms with van der Waals surface area (Å²) in [6.45, 7) is 7.18. The van der Waals surface area contributed by atoms with Crippen molar-refractivity contribution < 1.29 is 9.47 Å².